The minimum Gasteiger partial charge on any atom is -0.444 e. The van der Waals surface area contributed by atoms with Crippen LogP contribution in [0.25, 0.3) is 10.8 Å². The molecule has 0 aromatic heterocycles. The summed E-state index contributed by atoms with van der Waals surface area (Å²) in [5.74, 6) is -0.202. The van der Waals surface area contributed by atoms with Gasteiger partial charge in [0.2, 0.25) is 5.91 Å². The van der Waals surface area contributed by atoms with Crippen molar-refractivity contribution in [3.05, 3.63) is 42.5 Å². The van der Waals surface area contributed by atoms with Crippen LogP contribution < -0.4 is 16.4 Å². The summed E-state index contributed by atoms with van der Waals surface area (Å²) in [5.41, 5.74) is 6.27. The second kappa shape index (κ2) is 9.37. The van der Waals surface area contributed by atoms with E-state index in [9.17, 15) is 9.59 Å². The predicted octanol–water partition coefficient (Wildman–Crippen LogP) is 3.80. The Morgan fingerprint density at radius 3 is 2.52 bits per heavy atom. The largest absolute Gasteiger partial charge is 0.444 e. The molecule has 0 aliphatic carbocycles. The van der Waals surface area contributed by atoms with Crippen molar-refractivity contribution >= 4 is 28.5 Å². The predicted molar refractivity (Wildman–Crippen MR) is 109 cm³/mol. The zero-order valence-corrected chi connectivity index (χ0v) is 16.2. The first-order valence-electron chi connectivity index (χ1n) is 9.27. The number of hydrogen-bond acceptors (Lipinski definition) is 4. The Hall–Kier alpha value is -2.60. The first-order chi connectivity index (χ1) is 12.8. The van der Waals surface area contributed by atoms with Crippen LogP contribution in [0.15, 0.2) is 42.5 Å². The van der Waals surface area contributed by atoms with E-state index in [-0.39, 0.29) is 5.91 Å². The van der Waals surface area contributed by atoms with E-state index in [0.29, 0.717) is 13.0 Å². The molecular weight excluding hydrogens is 342 g/mol. The molecule has 2 amide bonds. The molecule has 6 nitrogen and oxygen atoms in total. The van der Waals surface area contributed by atoms with E-state index in [0.717, 1.165) is 29.3 Å². The SMILES string of the molecule is CC(C)(C)OC(=O)NCCCC[C@H](N)C(=O)Nc1cccc2ccccc12. The van der Waals surface area contributed by atoms with E-state index in [2.05, 4.69) is 10.6 Å². The van der Waals surface area contributed by atoms with Crippen molar-refractivity contribution in [1.29, 1.82) is 0 Å². The Bertz CT molecular complexity index is 778. The molecule has 0 unspecified atom stereocenters. The Balaban J connectivity index is 1.74. The van der Waals surface area contributed by atoms with Gasteiger partial charge in [-0.3, -0.25) is 4.79 Å². The van der Waals surface area contributed by atoms with E-state index in [1.165, 1.54) is 0 Å². The molecule has 0 fully saturated rings. The molecule has 2 aromatic carbocycles. The average molecular weight is 371 g/mol. The van der Waals surface area contributed by atoms with Crippen LogP contribution in [0.2, 0.25) is 0 Å². The number of benzene rings is 2. The Kier molecular flexibility index (Phi) is 7.19. The van der Waals surface area contributed by atoms with Crippen molar-refractivity contribution in [2.75, 3.05) is 11.9 Å². The van der Waals surface area contributed by atoms with Gasteiger partial charge in [0.05, 0.1) is 6.04 Å². The fourth-order valence-corrected chi connectivity index (χ4v) is 2.68. The molecule has 1 atom stereocenters. The van der Waals surface area contributed by atoms with Gasteiger partial charge in [0, 0.05) is 17.6 Å². The van der Waals surface area contributed by atoms with E-state index >= 15 is 0 Å². The highest BCUT2D eigenvalue weighted by Crippen LogP contribution is 2.23. The molecule has 0 saturated heterocycles. The van der Waals surface area contributed by atoms with Crippen LogP contribution in [0.3, 0.4) is 0 Å². The first-order valence-corrected chi connectivity index (χ1v) is 9.27. The zero-order chi connectivity index (χ0) is 19.9. The first kappa shape index (κ1) is 20.7. The normalized spacial score (nSPS) is 12.4. The van der Waals surface area contributed by atoms with Crippen LogP contribution in [0.5, 0.6) is 0 Å². The maximum Gasteiger partial charge on any atom is 0.407 e. The van der Waals surface area contributed by atoms with E-state index in [1.807, 2.05) is 63.2 Å². The highest BCUT2D eigenvalue weighted by atomic mass is 16.6. The molecule has 2 aromatic rings. The molecule has 0 saturated carbocycles. The topological polar surface area (TPSA) is 93.4 Å². The lowest BCUT2D eigenvalue weighted by Crippen LogP contribution is -2.36. The number of nitrogens with two attached hydrogens (primary N) is 1. The minimum absolute atomic E-state index is 0.202. The molecule has 27 heavy (non-hydrogen) atoms. The highest BCUT2D eigenvalue weighted by molar-refractivity contribution is 6.03. The van der Waals surface area contributed by atoms with Gasteiger partial charge in [0.15, 0.2) is 0 Å². The number of ether oxygens (including phenoxy) is 1. The summed E-state index contributed by atoms with van der Waals surface area (Å²) in [4.78, 5) is 23.9. The summed E-state index contributed by atoms with van der Waals surface area (Å²) >= 11 is 0. The molecule has 0 bridgehead atoms. The summed E-state index contributed by atoms with van der Waals surface area (Å²) in [6, 6.07) is 13.1. The van der Waals surface area contributed by atoms with Crippen molar-refractivity contribution in [3.8, 4) is 0 Å². The van der Waals surface area contributed by atoms with Crippen molar-refractivity contribution in [1.82, 2.24) is 5.32 Å². The monoisotopic (exact) mass is 371 g/mol. The number of unbranched alkanes of at least 4 members (excludes halogenated alkanes) is 1. The Morgan fingerprint density at radius 2 is 1.78 bits per heavy atom. The summed E-state index contributed by atoms with van der Waals surface area (Å²) in [7, 11) is 0. The van der Waals surface area contributed by atoms with E-state index in [4.69, 9.17) is 10.5 Å². The van der Waals surface area contributed by atoms with E-state index < -0.39 is 17.7 Å². The maximum absolute atomic E-state index is 12.4. The smallest absolute Gasteiger partial charge is 0.407 e. The standard InChI is InChI=1S/C21H29N3O3/c1-21(2,3)27-20(26)23-14-7-6-12-17(22)19(25)24-18-13-8-10-15-9-4-5-11-16(15)18/h4-5,8-11,13,17H,6-7,12,14,22H2,1-3H3,(H,23,26)(H,24,25)/t17-/m0/s1. The Labute approximate surface area is 160 Å². The van der Waals surface area contributed by atoms with Crippen LogP contribution in [-0.4, -0.2) is 30.2 Å². The summed E-state index contributed by atoms with van der Waals surface area (Å²) in [6.07, 6.45) is 1.58. The van der Waals surface area contributed by atoms with Crippen LogP contribution in [-0.2, 0) is 9.53 Å². The van der Waals surface area contributed by atoms with Gasteiger partial charge in [-0.15, -0.1) is 0 Å². The number of carbonyl (C=O) groups excluding carboxylic acids is 2. The number of nitrogens with one attached hydrogen (secondary N) is 2. The third-order valence-electron chi connectivity index (χ3n) is 3.99. The Morgan fingerprint density at radius 1 is 1.07 bits per heavy atom. The van der Waals surface area contributed by atoms with Crippen LogP contribution in [0.4, 0.5) is 10.5 Å². The minimum atomic E-state index is -0.592. The molecule has 6 heteroatoms. The molecule has 4 N–H and O–H groups in total. The fourth-order valence-electron chi connectivity index (χ4n) is 2.68. The van der Waals surface area contributed by atoms with Gasteiger partial charge >= 0.3 is 6.09 Å². The van der Waals surface area contributed by atoms with Gasteiger partial charge in [0.1, 0.15) is 5.60 Å². The van der Waals surface area contributed by atoms with Crippen molar-refractivity contribution < 1.29 is 14.3 Å². The number of hydrogen-bond donors (Lipinski definition) is 3. The number of alkyl carbamates (subject to hydrolysis) is 1. The molecule has 2 rings (SSSR count). The molecule has 0 heterocycles. The van der Waals surface area contributed by atoms with Gasteiger partial charge < -0.3 is 21.1 Å². The summed E-state index contributed by atoms with van der Waals surface area (Å²) in [5, 5.41) is 7.67. The van der Waals surface area contributed by atoms with E-state index in [1.54, 1.807) is 0 Å². The molecule has 146 valence electrons. The lowest BCUT2D eigenvalue weighted by molar-refractivity contribution is -0.117. The van der Waals surface area contributed by atoms with Gasteiger partial charge in [-0.1, -0.05) is 36.4 Å². The zero-order valence-electron chi connectivity index (χ0n) is 16.2. The third-order valence-corrected chi connectivity index (χ3v) is 3.99. The lowest BCUT2D eigenvalue weighted by Gasteiger charge is -2.19. The molecule has 0 aliphatic heterocycles. The molecule has 0 radical (unpaired) electrons. The number of anilines is 1. The van der Waals surface area contributed by atoms with Gasteiger partial charge in [-0.05, 0) is 51.5 Å². The number of carbonyl (C=O) groups is 2. The van der Waals surface area contributed by atoms with Crippen molar-refractivity contribution in [2.45, 2.75) is 51.7 Å². The van der Waals surface area contributed by atoms with Crippen molar-refractivity contribution in [3.63, 3.8) is 0 Å². The van der Waals surface area contributed by atoms with Crippen LogP contribution in [0.1, 0.15) is 40.0 Å². The van der Waals surface area contributed by atoms with Crippen molar-refractivity contribution in [2.24, 2.45) is 5.73 Å². The fraction of sp³-hybridized carbons (Fsp3) is 0.429. The highest BCUT2D eigenvalue weighted by Gasteiger charge is 2.16. The maximum atomic E-state index is 12.4. The number of fused-ring (bicyclic) bond motifs is 1. The molecule has 0 aliphatic rings. The molecular formula is C21H29N3O3. The lowest BCUT2D eigenvalue weighted by atomic mass is 10.1. The third kappa shape index (κ3) is 6.90. The quantitative estimate of drug-likeness (QED) is 0.645. The van der Waals surface area contributed by atoms with Gasteiger partial charge in [-0.25, -0.2) is 4.79 Å². The number of rotatable bonds is 7. The summed E-state index contributed by atoms with van der Waals surface area (Å²) < 4.78 is 5.17. The average Bonchev–Trinajstić information content (AvgIpc) is 2.60. The second-order valence-electron chi connectivity index (χ2n) is 7.55. The molecule has 0 spiro atoms. The van der Waals surface area contributed by atoms with Crippen LogP contribution >= 0.6 is 0 Å². The second-order valence-corrected chi connectivity index (χ2v) is 7.55. The summed E-state index contributed by atoms with van der Waals surface area (Å²) in [6.45, 7) is 5.95. The van der Waals surface area contributed by atoms with Gasteiger partial charge in [-0.2, -0.15) is 0 Å². The number of amides is 2. The van der Waals surface area contributed by atoms with Crippen LogP contribution in [0, 0.1) is 0 Å². The van der Waals surface area contributed by atoms with Gasteiger partial charge in [0.25, 0.3) is 0 Å².